The van der Waals surface area contributed by atoms with Gasteiger partial charge in [0.15, 0.2) is 17.3 Å². The van der Waals surface area contributed by atoms with Crippen LogP contribution in [0.2, 0.25) is 0 Å². The van der Waals surface area contributed by atoms with Crippen molar-refractivity contribution in [1.29, 1.82) is 0 Å². The molecule has 1 unspecified atom stereocenters. The second-order valence-corrected chi connectivity index (χ2v) is 4.44. The molecule has 8 heteroatoms. The summed E-state index contributed by atoms with van der Waals surface area (Å²) in [6.45, 7) is -0.717. The van der Waals surface area contributed by atoms with Crippen molar-refractivity contribution in [2.45, 2.75) is 6.43 Å². The fourth-order valence-electron chi connectivity index (χ4n) is 1.36. The van der Waals surface area contributed by atoms with Gasteiger partial charge in [-0.3, -0.25) is 9.10 Å². The van der Waals surface area contributed by atoms with E-state index in [4.69, 9.17) is 0 Å². The highest BCUT2D eigenvalue weighted by Crippen LogP contribution is 2.23. The van der Waals surface area contributed by atoms with Crippen molar-refractivity contribution in [2.24, 2.45) is 0 Å². The van der Waals surface area contributed by atoms with Gasteiger partial charge in [0.1, 0.15) is 16.7 Å². The molecule has 1 aromatic rings. The number of hydrogen-bond donors (Lipinski definition) is 0. The van der Waals surface area contributed by atoms with Crippen molar-refractivity contribution in [3.05, 3.63) is 18.1 Å². The highest BCUT2D eigenvalue weighted by atomic mass is 32.2. The Morgan fingerprint density at radius 1 is 1.44 bits per heavy atom. The fourth-order valence-corrected chi connectivity index (χ4v) is 2.48. The normalized spacial score (nSPS) is 20.1. The number of carbonyl (C=O) groups is 1. The Hall–Kier alpha value is -1.44. The van der Waals surface area contributed by atoms with Crippen LogP contribution in [0.15, 0.2) is 12.4 Å². The molecule has 0 radical (unpaired) electrons. The smallest absolute Gasteiger partial charge is 0.256 e. The molecule has 1 aromatic heterocycles. The van der Waals surface area contributed by atoms with Crippen LogP contribution in [0.5, 0.6) is 0 Å². The first kappa shape index (κ1) is 11.1. The number of alkyl halides is 2. The number of carbonyl (C=O) groups excluding carboxylic acids is 1. The first-order valence-electron chi connectivity index (χ1n) is 4.38. The lowest BCUT2D eigenvalue weighted by atomic mass is 10.3. The summed E-state index contributed by atoms with van der Waals surface area (Å²) < 4.78 is 37.0. The van der Waals surface area contributed by atoms with Gasteiger partial charge in [-0.15, -0.1) is 0 Å². The summed E-state index contributed by atoms with van der Waals surface area (Å²) in [6.07, 6.45) is -0.0782. The zero-order valence-corrected chi connectivity index (χ0v) is 8.79. The molecule has 2 rings (SSSR count). The summed E-state index contributed by atoms with van der Waals surface area (Å²) >= 11 is 0. The van der Waals surface area contributed by atoms with Gasteiger partial charge in [-0.1, -0.05) is 0 Å². The topological polar surface area (TPSA) is 63.2 Å². The number of nitrogens with zero attached hydrogens (tertiary/aromatic N) is 3. The Morgan fingerprint density at radius 2 is 2.12 bits per heavy atom. The molecule has 0 amide bonds. The molecule has 2 heterocycles. The first-order valence-corrected chi connectivity index (χ1v) is 5.65. The van der Waals surface area contributed by atoms with E-state index in [-0.39, 0.29) is 17.3 Å². The minimum absolute atomic E-state index is 0.00255. The van der Waals surface area contributed by atoms with Crippen LogP contribution in [0.1, 0.15) is 10.5 Å². The minimum Gasteiger partial charge on any atom is -0.291 e. The summed E-state index contributed by atoms with van der Waals surface area (Å²) in [5, 5.41) is 0. The van der Waals surface area contributed by atoms with E-state index in [1.54, 1.807) is 0 Å². The quantitative estimate of drug-likeness (QED) is 0.759. The lowest BCUT2D eigenvalue weighted by Gasteiger charge is -2.26. The molecule has 16 heavy (non-hydrogen) atoms. The van der Waals surface area contributed by atoms with E-state index in [9.17, 15) is 17.8 Å². The molecule has 1 aliphatic rings. The number of rotatable bonds is 2. The molecule has 0 bridgehead atoms. The van der Waals surface area contributed by atoms with Crippen molar-refractivity contribution in [3.8, 4) is 0 Å². The van der Waals surface area contributed by atoms with Crippen LogP contribution in [0.25, 0.3) is 0 Å². The average Bonchev–Trinajstić information content (AvgIpc) is 2.24. The Balaban J connectivity index is 2.43. The van der Waals surface area contributed by atoms with E-state index in [2.05, 4.69) is 9.97 Å². The molecule has 0 aromatic carbocycles. The van der Waals surface area contributed by atoms with Gasteiger partial charge in [-0.2, -0.15) is 0 Å². The molecule has 0 saturated heterocycles. The van der Waals surface area contributed by atoms with Crippen LogP contribution < -0.4 is 4.31 Å². The molecule has 1 atom stereocenters. The number of ketones is 1. The Morgan fingerprint density at radius 3 is 2.81 bits per heavy atom. The number of aromatic nitrogens is 2. The zero-order valence-electron chi connectivity index (χ0n) is 7.97. The summed E-state index contributed by atoms with van der Waals surface area (Å²) in [6, 6.07) is 0. The Labute approximate surface area is 92.1 Å². The summed E-state index contributed by atoms with van der Waals surface area (Å²) in [4.78, 5) is 18.9. The van der Waals surface area contributed by atoms with Crippen LogP contribution in [0, 0.1) is 0 Å². The maximum atomic E-state index is 12.3. The lowest BCUT2D eigenvalue weighted by Crippen LogP contribution is -2.40. The van der Waals surface area contributed by atoms with Gasteiger partial charge in [-0.05, 0) is 0 Å². The highest BCUT2D eigenvalue weighted by molar-refractivity contribution is 7.87. The second kappa shape index (κ2) is 4.20. The van der Waals surface area contributed by atoms with Crippen molar-refractivity contribution in [3.63, 3.8) is 0 Å². The van der Waals surface area contributed by atoms with Gasteiger partial charge in [-0.25, -0.2) is 23.0 Å². The van der Waals surface area contributed by atoms with Crippen molar-refractivity contribution >= 4 is 22.6 Å². The summed E-state index contributed by atoms with van der Waals surface area (Å²) in [7, 11) is -1.79. The van der Waals surface area contributed by atoms with E-state index in [0.717, 1.165) is 4.31 Å². The number of anilines is 1. The Kier molecular flexibility index (Phi) is 2.90. The molecule has 0 fully saturated rings. The van der Waals surface area contributed by atoms with Gasteiger partial charge >= 0.3 is 0 Å². The number of fused-ring (bicyclic) bond motifs is 1. The van der Waals surface area contributed by atoms with Gasteiger partial charge in [0.25, 0.3) is 6.43 Å². The van der Waals surface area contributed by atoms with Gasteiger partial charge in [0.05, 0.1) is 6.54 Å². The van der Waals surface area contributed by atoms with Gasteiger partial charge in [0, 0.05) is 12.4 Å². The van der Waals surface area contributed by atoms with Gasteiger partial charge < -0.3 is 0 Å². The van der Waals surface area contributed by atoms with Crippen LogP contribution in [0.3, 0.4) is 0 Å². The maximum Gasteiger partial charge on any atom is 0.256 e. The summed E-state index contributed by atoms with van der Waals surface area (Å²) in [5.74, 6) is -0.789. The minimum atomic E-state index is -2.65. The largest absolute Gasteiger partial charge is 0.291 e. The monoisotopic (exact) mass is 247 g/mol. The predicted octanol–water partition coefficient (Wildman–Crippen LogP) is 0.408. The molecular weight excluding hydrogens is 240 g/mol. The predicted molar refractivity (Wildman–Crippen MR) is 52.7 cm³/mol. The van der Waals surface area contributed by atoms with Crippen molar-refractivity contribution in [1.82, 2.24) is 9.97 Å². The van der Waals surface area contributed by atoms with Crippen LogP contribution >= 0.6 is 0 Å². The van der Waals surface area contributed by atoms with E-state index in [1.807, 2.05) is 0 Å². The molecule has 5 nitrogen and oxygen atoms in total. The van der Waals surface area contributed by atoms with E-state index < -0.39 is 29.7 Å². The van der Waals surface area contributed by atoms with E-state index >= 15 is 0 Å². The highest BCUT2D eigenvalue weighted by Gasteiger charge is 2.32. The molecule has 0 N–H and O–H groups in total. The molecule has 0 spiro atoms. The molecular formula is C8H7F2N3O2S. The van der Waals surface area contributed by atoms with E-state index in [1.165, 1.54) is 12.4 Å². The zero-order chi connectivity index (χ0) is 11.7. The first-order chi connectivity index (χ1) is 7.59. The SMILES string of the molecule is O=C1CS(=O)N(CC(F)F)c2nccnc21. The average molecular weight is 247 g/mol. The van der Waals surface area contributed by atoms with Crippen molar-refractivity contribution in [2.75, 3.05) is 16.6 Å². The number of Topliss-reactive ketones (excluding diaryl/α,β-unsaturated/α-hetero) is 1. The van der Waals surface area contributed by atoms with Crippen LogP contribution in [-0.4, -0.2) is 38.7 Å². The van der Waals surface area contributed by atoms with Crippen LogP contribution in [0.4, 0.5) is 14.6 Å². The third kappa shape index (κ3) is 1.92. The lowest BCUT2D eigenvalue weighted by molar-refractivity contribution is 0.101. The summed E-state index contributed by atoms with van der Waals surface area (Å²) in [5.41, 5.74) is 0.00255. The van der Waals surface area contributed by atoms with E-state index in [0.29, 0.717) is 0 Å². The third-order valence-electron chi connectivity index (χ3n) is 1.98. The molecule has 0 saturated carbocycles. The van der Waals surface area contributed by atoms with Gasteiger partial charge in [0.2, 0.25) is 0 Å². The molecule has 0 aliphatic carbocycles. The number of halogens is 2. The number of hydrogen-bond acceptors (Lipinski definition) is 4. The standard InChI is InChI=1S/C8H7F2N3O2S/c9-6(10)3-13-8-7(11-1-2-12-8)5(14)4-16(13)15/h1-2,6H,3-4H2. The second-order valence-electron chi connectivity index (χ2n) is 3.07. The molecule has 1 aliphatic heterocycles. The third-order valence-corrected chi connectivity index (χ3v) is 3.31. The van der Waals surface area contributed by atoms with Crippen molar-refractivity contribution < 1.29 is 17.8 Å². The fraction of sp³-hybridized carbons (Fsp3) is 0.375. The van der Waals surface area contributed by atoms with Crippen LogP contribution in [-0.2, 0) is 11.0 Å². The molecule has 86 valence electrons. The maximum absolute atomic E-state index is 12.3. The Bertz CT molecular complexity index is 455.